The zero-order chi connectivity index (χ0) is 24.4. The van der Waals surface area contributed by atoms with Crippen LogP contribution in [0, 0.1) is 18.3 Å². The first-order valence-corrected chi connectivity index (χ1v) is 15.0. The number of nitrogens with zero attached hydrogens (tertiary/aromatic N) is 3. The van der Waals surface area contributed by atoms with Crippen LogP contribution in [0.2, 0.25) is 18.1 Å². The molecule has 0 saturated carbocycles. The number of carbonyl (C=O) groups excluding carboxylic acids is 1. The number of hydrogen-bond donors (Lipinski definition) is 1. The van der Waals surface area contributed by atoms with E-state index in [0.717, 1.165) is 30.8 Å². The van der Waals surface area contributed by atoms with Gasteiger partial charge >= 0.3 is 0 Å². The molecule has 0 bridgehead atoms. The molecule has 1 aliphatic heterocycles. The summed E-state index contributed by atoms with van der Waals surface area (Å²) < 4.78 is 7.00. The number of aromatic nitrogens is 1. The number of nitriles is 1. The number of anilines is 1. The van der Waals surface area contributed by atoms with Crippen LogP contribution >= 0.6 is 15.9 Å². The molecule has 0 aliphatic carbocycles. The van der Waals surface area contributed by atoms with Gasteiger partial charge in [0.2, 0.25) is 0 Å². The fourth-order valence-electron chi connectivity index (χ4n) is 3.68. The maximum absolute atomic E-state index is 13.0. The van der Waals surface area contributed by atoms with E-state index in [1.54, 1.807) is 18.2 Å². The molecule has 33 heavy (non-hydrogen) atoms. The number of benzene rings is 1. The monoisotopic (exact) mass is 528 g/mol. The summed E-state index contributed by atoms with van der Waals surface area (Å²) in [4.78, 5) is 20.0. The second kappa shape index (κ2) is 10.1. The van der Waals surface area contributed by atoms with Gasteiger partial charge in [0.25, 0.3) is 5.91 Å². The van der Waals surface area contributed by atoms with Crippen molar-refractivity contribution in [3.8, 4) is 6.07 Å². The molecule has 3 rings (SSSR count). The molecule has 1 N–H and O–H groups in total. The fourth-order valence-corrected chi connectivity index (χ4v) is 5.17. The number of fused-ring (bicyclic) bond motifs is 1. The van der Waals surface area contributed by atoms with Gasteiger partial charge in [-0.15, -0.1) is 0 Å². The fraction of sp³-hybridized carbons (Fsp3) is 0.480. The summed E-state index contributed by atoms with van der Waals surface area (Å²) in [6.45, 7) is 16.6. The number of nitrogens with one attached hydrogen (secondary N) is 1. The van der Waals surface area contributed by atoms with Gasteiger partial charge in [-0.05, 0) is 76.7 Å². The first-order chi connectivity index (χ1) is 15.4. The molecule has 176 valence electrons. The molecule has 0 atom stereocenters. The van der Waals surface area contributed by atoms with Crippen LogP contribution < -0.4 is 5.32 Å². The van der Waals surface area contributed by atoms with Gasteiger partial charge in [0.05, 0.1) is 16.9 Å². The van der Waals surface area contributed by atoms with Crippen LogP contribution in [0.1, 0.15) is 53.6 Å². The minimum Gasteiger partial charge on any atom is -0.416 e. The molecule has 0 radical (unpaired) electrons. The number of pyridine rings is 1. The molecule has 1 amide bonds. The number of carbonyl (C=O) groups is 1. The summed E-state index contributed by atoms with van der Waals surface area (Å²) in [5.74, 6) is -0.311. The number of halogens is 1. The Labute approximate surface area is 206 Å². The van der Waals surface area contributed by atoms with Crippen molar-refractivity contribution in [1.29, 1.82) is 5.26 Å². The summed E-state index contributed by atoms with van der Waals surface area (Å²) in [7, 11) is -1.76. The van der Waals surface area contributed by atoms with E-state index in [-0.39, 0.29) is 10.9 Å². The van der Waals surface area contributed by atoms with Crippen molar-refractivity contribution < 1.29 is 9.22 Å². The van der Waals surface area contributed by atoms with Crippen molar-refractivity contribution in [2.75, 3.05) is 25.0 Å². The largest absolute Gasteiger partial charge is 0.416 e. The molecule has 2 heterocycles. The topological polar surface area (TPSA) is 78.2 Å². The lowest BCUT2D eigenvalue weighted by Gasteiger charge is -2.37. The third-order valence-corrected chi connectivity index (χ3v) is 12.0. The standard InChI is InChI=1S/C25H33BrN4O2Si/c1-17-14-22(24(31)29-21-9-7-8-20(26)19(21)15-27)28-23-16-30(11-10-18(17)23)12-13-32-33(5,6)25(2,3)4/h7-9,14H,10-13,16H2,1-6H3,(H,29,31). The Morgan fingerprint density at radius 2 is 2.09 bits per heavy atom. The second-order valence-electron chi connectivity index (χ2n) is 10.1. The van der Waals surface area contributed by atoms with Crippen LogP contribution in [-0.4, -0.2) is 43.8 Å². The van der Waals surface area contributed by atoms with Gasteiger partial charge in [0.15, 0.2) is 8.32 Å². The highest BCUT2D eigenvalue weighted by Gasteiger charge is 2.37. The van der Waals surface area contributed by atoms with E-state index in [2.05, 4.69) is 66.1 Å². The lowest BCUT2D eigenvalue weighted by Crippen LogP contribution is -2.43. The Hall–Kier alpha value is -2.05. The molecule has 0 saturated heterocycles. The van der Waals surface area contributed by atoms with Crippen LogP contribution in [0.15, 0.2) is 28.7 Å². The normalized spacial score (nSPS) is 14.5. The molecule has 1 aromatic heterocycles. The number of rotatable bonds is 6. The molecule has 8 heteroatoms. The molecule has 1 aromatic carbocycles. The van der Waals surface area contributed by atoms with Crippen molar-refractivity contribution in [1.82, 2.24) is 9.88 Å². The summed E-state index contributed by atoms with van der Waals surface area (Å²) >= 11 is 3.36. The molecule has 0 spiro atoms. The van der Waals surface area contributed by atoms with Gasteiger partial charge in [-0.3, -0.25) is 9.69 Å². The minimum atomic E-state index is -1.76. The summed E-state index contributed by atoms with van der Waals surface area (Å²) in [5, 5.41) is 12.5. The summed E-state index contributed by atoms with van der Waals surface area (Å²) in [6.07, 6.45) is 0.917. The lowest BCUT2D eigenvalue weighted by molar-refractivity contribution is 0.102. The van der Waals surface area contributed by atoms with Gasteiger partial charge < -0.3 is 9.74 Å². The van der Waals surface area contributed by atoms with E-state index in [9.17, 15) is 10.1 Å². The highest BCUT2D eigenvalue weighted by molar-refractivity contribution is 9.10. The molecular weight excluding hydrogens is 496 g/mol. The zero-order valence-electron chi connectivity index (χ0n) is 20.4. The van der Waals surface area contributed by atoms with E-state index in [0.29, 0.717) is 34.6 Å². The van der Waals surface area contributed by atoms with E-state index in [4.69, 9.17) is 9.41 Å². The zero-order valence-corrected chi connectivity index (χ0v) is 23.0. The van der Waals surface area contributed by atoms with E-state index < -0.39 is 8.32 Å². The Morgan fingerprint density at radius 3 is 2.76 bits per heavy atom. The first-order valence-electron chi connectivity index (χ1n) is 11.3. The summed E-state index contributed by atoms with van der Waals surface area (Å²) in [6, 6.07) is 9.25. The molecule has 1 aliphatic rings. The van der Waals surface area contributed by atoms with Crippen molar-refractivity contribution in [3.63, 3.8) is 0 Å². The van der Waals surface area contributed by atoms with E-state index in [1.807, 2.05) is 13.0 Å². The van der Waals surface area contributed by atoms with Crippen LogP contribution in [0.25, 0.3) is 0 Å². The SMILES string of the molecule is Cc1cc(C(=O)Nc2cccc(Br)c2C#N)nc2c1CCN(CCO[Si](C)(C)C(C)(C)C)C2. The predicted octanol–water partition coefficient (Wildman–Crippen LogP) is 5.66. The Morgan fingerprint density at radius 1 is 1.36 bits per heavy atom. The minimum absolute atomic E-state index is 0.197. The van der Waals surface area contributed by atoms with E-state index >= 15 is 0 Å². The number of hydrogen-bond acceptors (Lipinski definition) is 5. The van der Waals surface area contributed by atoms with Crippen molar-refractivity contribution in [3.05, 3.63) is 56.8 Å². The van der Waals surface area contributed by atoms with E-state index in [1.165, 1.54) is 5.56 Å². The third-order valence-electron chi connectivity index (χ3n) is 6.77. The first kappa shape index (κ1) is 25.6. The Kier molecular flexibility index (Phi) is 7.79. The average Bonchev–Trinajstić information content (AvgIpc) is 2.72. The van der Waals surface area contributed by atoms with Crippen molar-refractivity contribution in [2.45, 2.75) is 58.8 Å². The number of aryl methyl sites for hydroxylation is 1. The number of amides is 1. The quantitative estimate of drug-likeness (QED) is 0.489. The van der Waals surface area contributed by atoms with Gasteiger partial charge in [-0.1, -0.05) is 26.8 Å². The van der Waals surface area contributed by atoms with Crippen molar-refractivity contribution in [2.24, 2.45) is 0 Å². The van der Waals surface area contributed by atoms with Crippen LogP contribution in [0.3, 0.4) is 0 Å². The molecular formula is C25H33BrN4O2Si. The smallest absolute Gasteiger partial charge is 0.274 e. The predicted molar refractivity (Wildman–Crippen MR) is 138 cm³/mol. The lowest BCUT2D eigenvalue weighted by atomic mass is 9.99. The molecule has 0 unspecified atom stereocenters. The van der Waals surface area contributed by atoms with Crippen LogP contribution in [-0.2, 0) is 17.4 Å². The van der Waals surface area contributed by atoms with Gasteiger partial charge in [-0.25, -0.2) is 4.98 Å². The Bertz CT molecular complexity index is 1090. The van der Waals surface area contributed by atoms with Crippen LogP contribution in [0.4, 0.5) is 5.69 Å². The molecule has 6 nitrogen and oxygen atoms in total. The van der Waals surface area contributed by atoms with Gasteiger partial charge in [0, 0.05) is 30.7 Å². The highest BCUT2D eigenvalue weighted by atomic mass is 79.9. The van der Waals surface area contributed by atoms with Crippen LogP contribution in [0.5, 0.6) is 0 Å². The van der Waals surface area contributed by atoms with Gasteiger partial charge in [0.1, 0.15) is 11.8 Å². The van der Waals surface area contributed by atoms with Crippen molar-refractivity contribution >= 4 is 35.8 Å². The second-order valence-corrected chi connectivity index (χ2v) is 15.8. The molecule has 0 fully saturated rings. The third kappa shape index (κ3) is 5.90. The Balaban J connectivity index is 1.71. The van der Waals surface area contributed by atoms with Gasteiger partial charge in [-0.2, -0.15) is 5.26 Å². The molecule has 2 aromatic rings. The maximum Gasteiger partial charge on any atom is 0.274 e. The summed E-state index contributed by atoms with van der Waals surface area (Å²) in [5.41, 5.74) is 4.50. The maximum atomic E-state index is 13.0. The highest BCUT2D eigenvalue weighted by Crippen LogP contribution is 2.36. The average molecular weight is 530 g/mol.